The summed E-state index contributed by atoms with van der Waals surface area (Å²) in [7, 11) is 0. The van der Waals surface area contributed by atoms with E-state index in [4.69, 9.17) is 10.8 Å². The second-order valence-corrected chi connectivity index (χ2v) is 5.58. The zero-order valence-electron chi connectivity index (χ0n) is 11.5. The van der Waals surface area contributed by atoms with Gasteiger partial charge in [-0.15, -0.1) is 0 Å². The average Bonchev–Trinajstić information content (AvgIpc) is 2.40. The number of nitrogens with one attached hydrogen (secondary N) is 1. The number of aliphatic hydroxyl groups is 1. The van der Waals surface area contributed by atoms with E-state index in [-0.39, 0.29) is 24.1 Å². The summed E-state index contributed by atoms with van der Waals surface area (Å²) >= 11 is 3.15. The van der Waals surface area contributed by atoms with Crippen LogP contribution >= 0.6 is 15.9 Å². The summed E-state index contributed by atoms with van der Waals surface area (Å²) in [5, 5.41) is 11.8. The molecule has 0 bridgehead atoms. The summed E-state index contributed by atoms with van der Waals surface area (Å²) in [6.07, 6.45) is 2.59. The van der Waals surface area contributed by atoms with Gasteiger partial charge in [0.25, 0.3) is 5.91 Å². The van der Waals surface area contributed by atoms with Crippen molar-refractivity contribution in [3.8, 4) is 0 Å². The van der Waals surface area contributed by atoms with Crippen molar-refractivity contribution in [3.63, 3.8) is 0 Å². The Morgan fingerprint density at radius 3 is 2.80 bits per heavy atom. The number of benzene rings is 1. The minimum Gasteiger partial charge on any atom is -0.396 e. The minimum absolute atomic E-state index is 0.0567. The first-order valence-corrected chi connectivity index (χ1v) is 7.42. The second kappa shape index (κ2) is 8.21. The van der Waals surface area contributed by atoms with E-state index in [0.29, 0.717) is 23.0 Å². The van der Waals surface area contributed by atoms with Crippen LogP contribution in [0.25, 0.3) is 0 Å². The maximum atomic E-state index is 13.2. The van der Waals surface area contributed by atoms with Crippen molar-refractivity contribution in [3.05, 3.63) is 28.0 Å². The number of nitrogens with two attached hydrogens (primary N) is 1. The van der Waals surface area contributed by atoms with Gasteiger partial charge in [0, 0.05) is 17.6 Å². The highest BCUT2D eigenvalue weighted by Gasteiger charge is 2.15. The molecule has 0 aliphatic carbocycles. The van der Waals surface area contributed by atoms with E-state index in [9.17, 15) is 9.18 Å². The topological polar surface area (TPSA) is 75.3 Å². The third-order valence-electron chi connectivity index (χ3n) is 3.12. The number of amides is 1. The quantitative estimate of drug-likeness (QED) is 0.664. The Morgan fingerprint density at radius 1 is 1.50 bits per heavy atom. The molecule has 4 N–H and O–H groups in total. The highest BCUT2D eigenvalue weighted by Crippen LogP contribution is 2.23. The number of anilines is 1. The minimum atomic E-state index is -0.558. The molecule has 1 unspecified atom stereocenters. The number of rotatable bonds is 7. The summed E-state index contributed by atoms with van der Waals surface area (Å²) in [6.45, 7) is 2.65. The van der Waals surface area contributed by atoms with Gasteiger partial charge in [-0.25, -0.2) is 4.39 Å². The summed E-state index contributed by atoms with van der Waals surface area (Å²) in [6, 6.07) is 2.50. The van der Waals surface area contributed by atoms with Gasteiger partial charge in [-0.3, -0.25) is 4.79 Å². The predicted octanol–water partition coefficient (Wildman–Crippen LogP) is 2.70. The molecule has 20 heavy (non-hydrogen) atoms. The zero-order valence-corrected chi connectivity index (χ0v) is 13.0. The Hall–Kier alpha value is -1.14. The molecule has 0 spiro atoms. The SMILES string of the molecule is CCCC(CCO)CNC(=O)c1cc(N)c(F)cc1Br. The lowest BCUT2D eigenvalue weighted by atomic mass is 10.00. The molecule has 112 valence electrons. The summed E-state index contributed by atoms with van der Waals surface area (Å²) in [5.41, 5.74) is 5.72. The molecule has 0 fully saturated rings. The Kier molecular flexibility index (Phi) is 6.95. The van der Waals surface area contributed by atoms with E-state index in [1.807, 2.05) is 0 Å². The van der Waals surface area contributed by atoms with Gasteiger partial charge < -0.3 is 16.2 Å². The number of hydrogen-bond acceptors (Lipinski definition) is 3. The van der Waals surface area contributed by atoms with Crippen molar-refractivity contribution in [2.24, 2.45) is 5.92 Å². The maximum absolute atomic E-state index is 13.2. The normalized spacial score (nSPS) is 12.2. The smallest absolute Gasteiger partial charge is 0.252 e. The van der Waals surface area contributed by atoms with Gasteiger partial charge in [0.05, 0.1) is 11.3 Å². The van der Waals surface area contributed by atoms with Crippen LogP contribution in [0.5, 0.6) is 0 Å². The van der Waals surface area contributed by atoms with Gasteiger partial charge in [-0.05, 0) is 46.8 Å². The number of carbonyl (C=O) groups is 1. The number of nitrogen functional groups attached to an aromatic ring is 1. The Morgan fingerprint density at radius 2 is 2.20 bits per heavy atom. The molecular weight excluding hydrogens is 327 g/mol. The number of carbonyl (C=O) groups excluding carboxylic acids is 1. The monoisotopic (exact) mass is 346 g/mol. The molecular formula is C14H20BrFN2O2. The lowest BCUT2D eigenvalue weighted by Gasteiger charge is -2.16. The first-order valence-electron chi connectivity index (χ1n) is 6.63. The summed E-state index contributed by atoms with van der Waals surface area (Å²) < 4.78 is 13.6. The molecule has 0 saturated heterocycles. The number of halogens is 2. The van der Waals surface area contributed by atoms with Crippen LogP contribution in [0, 0.1) is 11.7 Å². The fraction of sp³-hybridized carbons (Fsp3) is 0.500. The van der Waals surface area contributed by atoms with Gasteiger partial charge >= 0.3 is 0 Å². The first kappa shape index (κ1) is 16.9. The van der Waals surface area contributed by atoms with E-state index in [1.54, 1.807) is 0 Å². The van der Waals surface area contributed by atoms with Crippen molar-refractivity contribution in [2.45, 2.75) is 26.2 Å². The van der Waals surface area contributed by atoms with Gasteiger partial charge in [0.2, 0.25) is 0 Å². The lowest BCUT2D eigenvalue weighted by molar-refractivity contribution is 0.0942. The predicted molar refractivity (Wildman–Crippen MR) is 80.9 cm³/mol. The number of aliphatic hydroxyl groups excluding tert-OH is 1. The molecule has 4 nitrogen and oxygen atoms in total. The number of hydrogen-bond donors (Lipinski definition) is 3. The molecule has 0 aliphatic rings. The van der Waals surface area contributed by atoms with Crippen LogP contribution in [-0.4, -0.2) is 24.2 Å². The molecule has 6 heteroatoms. The molecule has 0 heterocycles. The molecule has 1 aromatic rings. The largest absolute Gasteiger partial charge is 0.396 e. The van der Waals surface area contributed by atoms with Gasteiger partial charge in [0.1, 0.15) is 5.82 Å². The first-order chi connectivity index (χ1) is 9.49. The zero-order chi connectivity index (χ0) is 15.1. The van der Waals surface area contributed by atoms with Gasteiger partial charge in [0.15, 0.2) is 0 Å². The fourth-order valence-electron chi connectivity index (χ4n) is 2.01. The van der Waals surface area contributed by atoms with Crippen molar-refractivity contribution in [1.29, 1.82) is 0 Å². The van der Waals surface area contributed by atoms with E-state index >= 15 is 0 Å². The Labute approximate surface area is 126 Å². The third kappa shape index (κ3) is 4.76. The van der Waals surface area contributed by atoms with E-state index in [2.05, 4.69) is 28.2 Å². The van der Waals surface area contributed by atoms with Crippen LogP contribution in [0.3, 0.4) is 0 Å². The van der Waals surface area contributed by atoms with Crippen molar-refractivity contribution in [1.82, 2.24) is 5.32 Å². The lowest BCUT2D eigenvalue weighted by Crippen LogP contribution is -2.30. The van der Waals surface area contributed by atoms with Gasteiger partial charge in [-0.1, -0.05) is 13.3 Å². The third-order valence-corrected chi connectivity index (χ3v) is 3.77. The molecule has 0 aromatic heterocycles. The highest BCUT2D eigenvalue weighted by atomic mass is 79.9. The van der Waals surface area contributed by atoms with Gasteiger partial charge in [-0.2, -0.15) is 0 Å². The van der Waals surface area contributed by atoms with Crippen LogP contribution in [0.1, 0.15) is 36.5 Å². The second-order valence-electron chi connectivity index (χ2n) is 4.73. The van der Waals surface area contributed by atoms with Crippen LogP contribution in [0.2, 0.25) is 0 Å². The summed E-state index contributed by atoms with van der Waals surface area (Å²) in [4.78, 5) is 12.1. The maximum Gasteiger partial charge on any atom is 0.252 e. The standard InChI is InChI=1S/C14H20BrFN2O2/c1-2-3-9(4-5-19)8-18-14(20)10-6-13(17)12(16)7-11(10)15/h6-7,9,19H,2-5,8,17H2,1H3,(H,18,20). The Balaban J connectivity index is 2.69. The molecule has 0 aliphatic heterocycles. The van der Waals surface area contributed by atoms with Crippen LogP contribution in [0.4, 0.5) is 10.1 Å². The van der Waals surface area contributed by atoms with E-state index < -0.39 is 5.82 Å². The summed E-state index contributed by atoms with van der Waals surface area (Å²) in [5.74, 6) is -0.620. The average molecular weight is 347 g/mol. The molecule has 0 radical (unpaired) electrons. The molecule has 0 saturated carbocycles. The van der Waals surface area contributed by atoms with Crippen molar-refractivity contribution >= 4 is 27.5 Å². The molecule has 1 amide bonds. The van der Waals surface area contributed by atoms with Crippen LogP contribution in [-0.2, 0) is 0 Å². The van der Waals surface area contributed by atoms with Crippen LogP contribution < -0.4 is 11.1 Å². The fourth-order valence-corrected chi connectivity index (χ4v) is 2.51. The van der Waals surface area contributed by atoms with E-state index in [0.717, 1.165) is 12.8 Å². The van der Waals surface area contributed by atoms with Crippen LogP contribution in [0.15, 0.2) is 16.6 Å². The molecule has 1 aromatic carbocycles. The molecule has 1 rings (SSSR count). The van der Waals surface area contributed by atoms with Crippen molar-refractivity contribution < 1.29 is 14.3 Å². The van der Waals surface area contributed by atoms with Crippen molar-refractivity contribution in [2.75, 3.05) is 18.9 Å². The molecule has 1 atom stereocenters. The van der Waals surface area contributed by atoms with E-state index in [1.165, 1.54) is 12.1 Å². The Bertz CT molecular complexity index is 463. The highest BCUT2D eigenvalue weighted by molar-refractivity contribution is 9.10.